The van der Waals surface area contributed by atoms with Crippen molar-refractivity contribution in [2.24, 2.45) is 0 Å². The molecule has 0 aromatic carbocycles. The summed E-state index contributed by atoms with van der Waals surface area (Å²) < 4.78 is 62.0. The zero-order valence-electron chi connectivity index (χ0n) is 28.2. The quantitative estimate of drug-likeness (QED) is 0.129. The van der Waals surface area contributed by atoms with E-state index < -0.39 is 116 Å². The first-order valence-electron chi connectivity index (χ1n) is 15.2. The molecule has 48 heavy (non-hydrogen) atoms. The number of hydrogen-bond donors (Lipinski definition) is 0. The fourth-order valence-corrected chi connectivity index (χ4v) is 4.95. The topological polar surface area (TPSA) is 221 Å². The largest absolute Gasteiger partial charge is 0.463 e. The van der Waals surface area contributed by atoms with Crippen LogP contribution in [0.4, 0.5) is 0 Å². The lowest BCUT2D eigenvalue weighted by molar-refractivity contribution is -0.367. The maximum absolute atomic E-state index is 12.4. The molecule has 2 fully saturated rings. The van der Waals surface area contributed by atoms with Gasteiger partial charge in [-0.2, -0.15) is 0 Å². The Bertz CT molecular complexity index is 1150. The second kappa shape index (κ2) is 19.2. The maximum atomic E-state index is 12.4. The van der Waals surface area contributed by atoms with Crippen LogP contribution in [-0.4, -0.2) is 123 Å². The number of esters is 7. The highest BCUT2D eigenvalue weighted by molar-refractivity contribution is 5.69. The molecule has 10 atom stereocenters. The summed E-state index contributed by atoms with van der Waals surface area (Å²) >= 11 is 0. The molecule has 0 radical (unpaired) electrons. The van der Waals surface area contributed by atoms with E-state index in [1.165, 1.54) is 0 Å². The van der Waals surface area contributed by atoms with Crippen molar-refractivity contribution in [3.05, 3.63) is 0 Å². The van der Waals surface area contributed by atoms with Crippen LogP contribution in [0, 0.1) is 0 Å². The van der Waals surface area contributed by atoms with E-state index in [0.717, 1.165) is 48.5 Å². The molecule has 0 N–H and O–H groups in total. The molecule has 2 heterocycles. The van der Waals surface area contributed by atoms with E-state index in [1.807, 2.05) is 6.92 Å². The van der Waals surface area contributed by atoms with Gasteiger partial charge in [0.15, 0.2) is 36.8 Å². The van der Waals surface area contributed by atoms with Gasteiger partial charge in [-0.25, -0.2) is 0 Å². The standard InChI is InChI=1S/C30H44O18/c1-9-10-11-38-27-25(43-18(6)35)23(41-16(4)33)21(12-39-14(2)31)46-29(27)48-28-26(44-19(7)36)24(42-17(5)34)22(13-40-15(3)32)47-30(28)45-20(8)37/h21-30H,9-13H2,1-8H3/t21-,22+,23-,24-,25+,26+,27+,28+,29-,30+/m1/s1. The van der Waals surface area contributed by atoms with Gasteiger partial charge in [-0.3, -0.25) is 33.6 Å². The minimum Gasteiger partial charge on any atom is -0.463 e. The Morgan fingerprint density at radius 3 is 1.27 bits per heavy atom. The molecule has 0 aliphatic carbocycles. The first-order chi connectivity index (χ1) is 22.5. The van der Waals surface area contributed by atoms with Crippen LogP contribution in [0.1, 0.15) is 68.2 Å². The summed E-state index contributed by atoms with van der Waals surface area (Å²) in [6.07, 6.45) is -13.6. The summed E-state index contributed by atoms with van der Waals surface area (Å²) in [4.78, 5) is 84.6. The van der Waals surface area contributed by atoms with Crippen LogP contribution in [-0.2, 0) is 85.7 Å². The molecular weight excluding hydrogens is 648 g/mol. The second-order valence-corrected chi connectivity index (χ2v) is 10.9. The van der Waals surface area contributed by atoms with Gasteiger partial charge in [-0.1, -0.05) is 13.3 Å². The third-order valence-corrected chi connectivity index (χ3v) is 6.67. The third kappa shape index (κ3) is 12.6. The van der Waals surface area contributed by atoms with Gasteiger partial charge in [0.1, 0.15) is 31.5 Å². The van der Waals surface area contributed by atoms with Gasteiger partial charge in [0, 0.05) is 55.1 Å². The number of ether oxygens (including phenoxy) is 11. The van der Waals surface area contributed by atoms with Crippen LogP contribution in [0.15, 0.2) is 0 Å². The van der Waals surface area contributed by atoms with Crippen molar-refractivity contribution in [1.29, 1.82) is 0 Å². The molecule has 0 aromatic heterocycles. The first kappa shape index (κ1) is 40.3. The zero-order valence-corrected chi connectivity index (χ0v) is 28.2. The fourth-order valence-electron chi connectivity index (χ4n) is 4.95. The molecule has 18 heteroatoms. The Hall–Kier alpha value is -3.87. The molecule has 0 spiro atoms. The number of hydrogen-bond acceptors (Lipinski definition) is 18. The molecule has 2 aliphatic heterocycles. The van der Waals surface area contributed by atoms with Gasteiger partial charge >= 0.3 is 41.8 Å². The highest BCUT2D eigenvalue weighted by Crippen LogP contribution is 2.35. The second-order valence-electron chi connectivity index (χ2n) is 10.9. The van der Waals surface area contributed by atoms with Crippen LogP contribution < -0.4 is 0 Å². The van der Waals surface area contributed by atoms with Crippen molar-refractivity contribution in [2.75, 3.05) is 19.8 Å². The van der Waals surface area contributed by atoms with Crippen molar-refractivity contribution in [3.63, 3.8) is 0 Å². The molecule has 0 saturated carbocycles. The van der Waals surface area contributed by atoms with E-state index in [-0.39, 0.29) is 6.61 Å². The monoisotopic (exact) mass is 692 g/mol. The average molecular weight is 693 g/mol. The summed E-state index contributed by atoms with van der Waals surface area (Å²) in [5.41, 5.74) is 0. The summed E-state index contributed by atoms with van der Waals surface area (Å²) in [6, 6.07) is 0. The van der Waals surface area contributed by atoms with Gasteiger partial charge < -0.3 is 52.1 Å². The SMILES string of the molecule is CCCCO[C@@H]1[C@@H](O[C@@H]2[C@@H](OC(C)=O)O[C@@H](COC(C)=O)[C@@H](OC(C)=O)[C@@H]2OC(C)=O)O[C@H](COC(C)=O)[C@@H](OC(C)=O)[C@@H]1OC(C)=O. The average Bonchev–Trinajstić information content (AvgIpc) is 2.95. The lowest BCUT2D eigenvalue weighted by Crippen LogP contribution is -2.67. The Kier molecular flexibility index (Phi) is 16.1. The van der Waals surface area contributed by atoms with E-state index >= 15 is 0 Å². The van der Waals surface area contributed by atoms with Gasteiger partial charge in [0.05, 0.1) is 0 Å². The van der Waals surface area contributed by atoms with E-state index in [1.54, 1.807) is 0 Å². The van der Waals surface area contributed by atoms with E-state index in [0.29, 0.717) is 12.8 Å². The molecule has 0 amide bonds. The lowest BCUT2D eigenvalue weighted by Gasteiger charge is -2.48. The minimum absolute atomic E-state index is 0.0754. The third-order valence-electron chi connectivity index (χ3n) is 6.67. The molecule has 2 saturated heterocycles. The molecular formula is C30H44O18. The van der Waals surface area contributed by atoms with Gasteiger partial charge in [0.25, 0.3) is 0 Å². The summed E-state index contributed by atoms with van der Waals surface area (Å²) in [6.45, 7) is 8.61. The van der Waals surface area contributed by atoms with Crippen molar-refractivity contribution in [1.82, 2.24) is 0 Å². The smallest absolute Gasteiger partial charge is 0.305 e. The van der Waals surface area contributed by atoms with Gasteiger partial charge in [-0.15, -0.1) is 0 Å². The number of rotatable bonds is 15. The van der Waals surface area contributed by atoms with E-state index in [9.17, 15) is 33.6 Å². The van der Waals surface area contributed by atoms with Gasteiger partial charge in [0.2, 0.25) is 6.29 Å². The summed E-state index contributed by atoms with van der Waals surface area (Å²) in [5, 5.41) is 0. The Balaban J connectivity index is 2.71. The van der Waals surface area contributed by atoms with Crippen LogP contribution >= 0.6 is 0 Å². The number of carbonyl (C=O) groups excluding carboxylic acids is 7. The molecule has 18 nitrogen and oxygen atoms in total. The molecule has 2 aliphatic rings. The van der Waals surface area contributed by atoms with E-state index in [4.69, 9.17) is 52.1 Å². The highest BCUT2D eigenvalue weighted by atomic mass is 16.8. The molecule has 272 valence electrons. The summed E-state index contributed by atoms with van der Waals surface area (Å²) in [5.74, 6) is -5.59. The van der Waals surface area contributed by atoms with Crippen LogP contribution in [0.3, 0.4) is 0 Å². The van der Waals surface area contributed by atoms with Crippen LogP contribution in [0.5, 0.6) is 0 Å². The predicted molar refractivity (Wildman–Crippen MR) is 154 cm³/mol. The number of unbranched alkanes of at least 4 members (excludes halogenated alkanes) is 1. The van der Waals surface area contributed by atoms with Crippen LogP contribution in [0.2, 0.25) is 0 Å². The fraction of sp³-hybridized carbons (Fsp3) is 0.767. The van der Waals surface area contributed by atoms with Crippen molar-refractivity contribution in [2.45, 2.75) is 130 Å². The van der Waals surface area contributed by atoms with E-state index in [2.05, 4.69) is 0 Å². The van der Waals surface area contributed by atoms with Gasteiger partial charge in [-0.05, 0) is 6.42 Å². The summed E-state index contributed by atoms with van der Waals surface area (Å²) in [7, 11) is 0. The highest BCUT2D eigenvalue weighted by Gasteiger charge is 2.57. The Morgan fingerprint density at radius 1 is 0.479 bits per heavy atom. The Morgan fingerprint density at radius 2 is 0.875 bits per heavy atom. The molecule has 0 bridgehead atoms. The lowest BCUT2D eigenvalue weighted by atomic mass is 9.96. The van der Waals surface area contributed by atoms with Crippen molar-refractivity contribution in [3.8, 4) is 0 Å². The Labute approximate surface area is 277 Å². The maximum Gasteiger partial charge on any atom is 0.305 e. The zero-order chi connectivity index (χ0) is 36.1. The molecule has 2 rings (SSSR count). The van der Waals surface area contributed by atoms with Crippen LogP contribution in [0.25, 0.3) is 0 Å². The number of carbonyl (C=O) groups is 7. The minimum atomic E-state index is -1.70. The normalized spacial score (nSPS) is 29.8. The predicted octanol–water partition coefficient (Wildman–Crippen LogP) is 0.423. The first-order valence-corrected chi connectivity index (χ1v) is 15.2. The molecule has 0 aromatic rings. The van der Waals surface area contributed by atoms with Crippen molar-refractivity contribution >= 4 is 41.8 Å². The molecule has 0 unspecified atom stereocenters. The van der Waals surface area contributed by atoms with Crippen molar-refractivity contribution < 1.29 is 85.7 Å².